The van der Waals surface area contributed by atoms with Gasteiger partial charge in [-0.1, -0.05) is 26.2 Å². The highest BCUT2D eigenvalue weighted by molar-refractivity contribution is 5.72. The van der Waals surface area contributed by atoms with E-state index in [9.17, 15) is 4.79 Å². The zero-order chi connectivity index (χ0) is 9.98. The van der Waals surface area contributed by atoms with Crippen LogP contribution in [0.5, 0.6) is 0 Å². The quantitative estimate of drug-likeness (QED) is 0.492. The highest BCUT2D eigenvalue weighted by atomic mass is 16.4. The first-order chi connectivity index (χ1) is 5.68. The van der Waals surface area contributed by atoms with Gasteiger partial charge in [0.2, 0.25) is 0 Å². The molecule has 3 heteroatoms. The molecule has 0 amide bonds. The number of carbonyl (C=O) groups is 1. The maximum Gasteiger partial charge on any atom is 0.320 e. The summed E-state index contributed by atoms with van der Waals surface area (Å²) in [6.45, 7) is 8.08. The van der Waals surface area contributed by atoms with E-state index in [1.54, 1.807) is 0 Å². The van der Waals surface area contributed by atoms with Crippen LogP contribution in [0, 0.1) is 0 Å². The Hall–Kier alpha value is -0.830. The van der Waals surface area contributed by atoms with Crippen molar-refractivity contribution in [2.45, 2.75) is 38.6 Å². The fourth-order valence-electron chi connectivity index (χ4n) is 0.738. The van der Waals surface area contributed by atoms with Crippen molar-refractivity contribution >= 4 is 5.97 Å². The van der Waals surface area contributed by atoms with Gasteiger partial charge in [0.1, 0.15) is 6.04 Å². The van der Waals surface area contributed by atoms with Crippen LogP contribution in [0.1, 0.15) is 32.6 Å². The van der Waals surface area contributed by atoms with Crippen LogP contribution in [0.15, 0.2) is 13.2 Å². The average molecular weight is 173 g/mol. The Bertz CT molecular complexity index is 115. The van der Waals surface area contributed by atoms with E-state index < -0.39 is 12.0 Å². The predicted octanol–water partition coefficient (Wildman–Crippen LogP) is 1.78. The molecule has 3 N–H and O–H groups in total. The molecule has 0 aromatic rings. The van der Waals surface area contributed by atoms with Gasteiger partial charge in [-0.2, -0.15) is 0 Å². The molecule has 0 spiro atoms. The van der Waals surface area contributed by atoms with E-state index in [1.165, 1.54) is 0 Å². The number of nitrogens with two attached hydrogens (primary N) is 1. The molecular weight excluding hydrogens is 154 g/mol. The van der Waals surface area contributed by atoms with Crippen LogP contribution in [0.3, 0.4) is 0 Å². The van der Waals surface area contributed by atoms with Crippen LogP contribution >= 0.6 is 0 Å². The number of rotatable bonds is 5. The van der Waals surface area contributed by atoms with E-state index in [0.29, 0.717) is 6.42 Å². The van der Waals surface area contributed by atoms with E-state index >= 15 is 0 Å². The largest absolute Gasteiger partial charge is 0.480 e. The monoisotopic (exact) mass is 173 g/mol. The molecule has 0 aliphatic rings. The van der Waals surface area contributed by atoms with Crippen LogP contribution < -0.4 is 5.73 Å². The first kappa shape index (κ1) is 13.7. The molecular formula is C9H19NO2. The molecule has 3 nitrogen and oxygen atoms in total. The molecule has 12 heavy (non-hydrogen) atoms. The first-order valence-electron chi connectivity index (χ1n) is 4.17. The Labute approximate surface area is 74.3 Å². The molecule has 0 radical (unpaired) electrons. The summed E-state index contributed by atoms with van der Waals surface area (Å²) in [4.78, 5) is 10.2. The van der Waals surface area contributed by atoms with Gasteiger partial charge in [-0.3, -0.25) is 4.79 Å². The fourth-order valence-corrected chi connectivity index (χ4v) is 0.738. The zero-order valence-corrected chi connectivity index (χ0v) is 7.75. The van der Waals surface area contributed by atoms with Crippen molar-refractivity contribution in [2.24, 2.45) is 5.73 Å². The van der Waals surface area contributed by atoms with Crippen molar-refractivity contribution in [3.05, 3.63) is 13.2 Å². The SMILES string of the molecule is C=C.CCCCCC(N)C(=O)O. The minimum atomic E-state index is -0.892. The van der Waals surface area contributed by atoms with Crippen molar-refractivity contribution in [1.29, 1.82) is 0 Å². The van der Waals surface area contributed by atoms with Crippen LogP contribution in [0.4, 0.5) is 0 Å². The second-order valence-corrected chi connectivity index (χ2v) is 2.44. The van der Waals surface area contributed by atoms with Gasteiger partial charge in [0.25, 0.3) is 0 Å². The molecule has 0 aliphatic carbocycles. The Morgan fingerprint density at radius 1 is 1.50 bits per heavy atom. The minimum Gasteiger partial charge on any atom is -0.480 e. The summed E-state index contributed by atoms with van der Waals surface area (Å²) < 4.78 is 0. The summed E-state index contributed by atoms with van der Waals surface area (Å²) in [5.74, 6) is -0.892. The summed E-state index contributed by atoms with van der Waals surface area (Å²) in [6.07, 6.45) is 3.69. The van der Waals surface area contributed by atoms with Gasteiger partial charge in [0.05, 0.1) is 0 Å². The van der Waals surface area contributed by atoms with Gasteiger partial charge in [0.15, 0.2) is 0 Å². The molecule has 0 heterocycles. The Balaban J connectivity index is 0. The van der Waals surface area contributed by atoms with Gasteiger partial charge < -0.3 is 10.8 Å². The standard InChI is InChI=1S/C7H15NO2.C2H4/c1-2-3-4-5-6(8)7(9)10;1-2/h6H,2-5,8H2,1H3,(H,9,10);1-2H2. The summed E-state index contributed by atoms with van der Waals surface area (Å²) in [5.41, 5.74) is 5.26. The van der Waals surface area contributed by atoms with Crippen molar-refractivity contribution in [3.8, 4) is 0 Å². The fraction of sp³-hybridized carbons (Fsp3) is 0.667. The minimum absolute atomic E-state index is 0.600. The molecule has 1 unspecified atom stereocenters. The third-order valence-corrected chi connectivity index (χ3v) is 1.44. The molecule has 0 bridgehead atoms. The molecule has 0 aromatic carbocycles. The normalized spacial score (nSPS) is 11.2. The van der Waals surface area contributed by atoms with E-state index in [-0.39, 0.29) is 0 Å². The van der Waals surface area contributed by atoms with Crippen LogP contribution in [0.25, 0.3) is 0 Å². The van der Waals surface area contributed by atoms with Gasteiger partial charge in [-0.25, -0.2) is 0 Å². The topological polar surface area (TPSA) is 63.3 Å². The van der Waals surface area contributed by atoms with Crippen molar-refractivity contribution in [3.63, 3.8) is 0 Å². The number of hydrogen-bond acceptors (Lipinski definition) is 2. The van der Waals surface area contributed by atoms with E-state index in [2.05, 4.69) is 20.1 Å². The van der Waals surface area contributed by atoms with Gasteiger partial charge in [-0.05, 0) is 6.42 Å². The van der Waals surface area contributed by atoms with E-state index in [1.807, 2.05) is 0 Å². The highest BCUT2D eigenvalue weighted by Crippen LogP contribution is 2.01. The average Bonchev–Trinajstić information content (AvgIpc) is 2.08. The van der Waals surface area contributed by atoms with Crippen molar-refractivity contribution < 1.29 is 9.90 Å². The van der Waals surface area contributed by atoms with Crippen LogP contribution in [0.2, 0.25) is 0 Å². The number of carboxylic acid groups (broad SMARTS) is 1. The smallest absolute Gasteiger partial charge is 0.320 e. The maximum atomic E-state index is 10.2. The molecule has 0 fully saturated rings. The van der Waals surface area contributed by atoms with Gasteiger partial charge >= 0.3 is 5.97 Å². The van der Waals surface area contributed by atoms with Gasteiger partial charge in [-0.15, -0.1) is 13.2 Å². The van der Waals surface area contributed by atoms with Crippen LogP contribution in [-0.2, 0) is 4.79 Å². The lowest BCUT2D eigenvalue weighted by Crippen LogP contribution is -2.29. The molecule has 72 valence electrons. The number of hydrogen-bond donors (Lipinski definition) is 2. The van der Waals surface area contributed by atoms with Crippen molar-refractivity contribution in [1.82, 2.24) is 0 Å². The second-order valence-electron chi connectivity index (χ2n) is 2.44. The van der Waals surface area contributed by atoms with E-state index in [0.717, 1.165) is 19.3 Å². The summed E-state index contributed by atoms with van der Waals surface area (Å²) >= 11 is 0. The molecule has 1 atom stereocenters. The third-order valence-electron chi connectivity index (χ3n) is 1.44. The number of carboxylic acids is 1. The second kappa shape index (κ2) is 10.2. The molecule has 0 saturated carbocycles. The molecule has 0 rings (SSSR count). The maximum absolute atomic E-state index is 10.2. The van der Waals surface area contributed by atoms with Gasteiger partial charge in [0, 0.05) is 0 Å². The van der Waals surface area contributed by atoms with Crippen LogP contribution in [-0.4, -0.2) is 17.1 Å². The summed E-state index contributed by atoms with van der Waals surface area (Å²) in [5, 5.41) is 8.36. The molecule has 0 aliphatic heterocycles. The lowest BCUT2D eigenvalue weighted by Gasteiger charge is -2.03. The Kier molecular flexibility index (Phi) is 11.6. The Morgan fingerprint density at radius 2 is 2.00 bits per heavy atom. The Morgan fingerprint density at radius 3 is 2.33 bits per heavy atom. The van der Waals surface area contributed by atoms with E-state index in [4.69, 9.17) is 10.8 Å². The summed E-state index contributed by atoms with van der Waals surface area (Å²) in [6, 6.07) is -0.661. The number of unbranched alkanes of at least 4 members (excludes halogenated alkanes) is 2. The predicted molar refractivity (Wildman–Crippen MR) is 51.0 cm³/mol. The lowest BCUT2D eigenvalue weighted by atomic mass is 10.1. The summed E-state index contributed by atoms with van der Waals surface area (Å²) in [7, 11) is 0. The lowest BCUT2D eigenvalue weighted by molar-refractivity contribution is -0.138. The third kappa shape index (κ3) is 9.17. The zero-order valence-electron chi connectivity index (χ0n) is 7.75. The number of aliphatic carboxylic acids is 1. The highest BCUT2D eigenvalue weighted by Gasteiger charge is 2.09. The molecule has 0 aromatic heterocycles. The first-order valence-corrected chi connectivity index (χ1v) is 4.17. The van der Waals surface area contributed by atoms with Crippen molar-refractivity contribution in [2.75, 3.05) is 0 Å². The molecule has 0 saturated heterocycles.